The van der Waals surface area contributed by atoms with Gasteiger partial charge in [-0.05, 0) is 31.0 Å². The second-order valence-corrected chi connectivity index (χ2v) is 13.6. The molecule has 45 heavy (non-hydrogen) atoms. The minimum Gasteiger partial charge on any atom is -0.457 e. The highest BCUT2D eigenvalue weighted by Crippen LogP contribution is 2.47. The zero-order valence-corrected chi connectivity index (χ0v) is 26.0. The maximum Gasteiger partial charge on any atom is 0.509 e. The first-order valence-corrected chi connectivity index (χ1v) is 16.9. The number of cyclic esters (lactones) is 1. The van der Waals surface area contributed by atoms with Gasteiger partial charge in [-0.15, -0.1) is 0 Å². The molecule has 13 nitrogen and oxygen atoms in total. The summed E-state index contributed by atoms with van der Waals surface area (Å²) in [5.41, 5.74) is 7.80. The lowest BCUT2D eigenvalue weighted by molar-refractivity contribution is -0.175. The number of hydrogen-bond acceptors (Lipinski definition) is 12. The SMILES string of the molecule is CCCCCN1C=Nc2cccc3nc4c(c1c23)Cn1c-4cc2c(c1=O)COC(=O)[C@@]2(CC)OC(=O)OCCS(=O)(=O)CCN. The van der Waals surface area contributed by atoms with E-state index in [4.69, 9.17) is 24.9 Å². The monoisotopic (exact) mass is 637 g/mol. The maximum absolute atomic E-state index is 14.0. The number of benzene rings is 1. The Bertz CT molecular complexity index is 1900. The lowest BCUT2D eigenvalue weighted by Gasteiger charge is -2.35. The van der Waals surface area contributed by atoms with E-state index in [1.807, 2.05) is 24.5 Å². The molecule has 3 aromatic rings. The summed E-state index contributed by atoms with van der Waals surface area (Å²) in [5, 5.41) is 0.918. The fraction of sp³-hybridized carbons (Fsp3) is 0.452. The molecule has 0 saturated heterocycles. The van der Waals surface area contributed by atoms with Gasteiger partial charge in [0.2, 0.25) is 5.60 Å². The quantitative estimate of drug-likeness (QED) is 0.189. The van der Waals surface area contributed by atoms with E-state index in [1.54, 1.807) is 17.6 Å². The molecule has 3 aliphatic heterocycles. The maximum atomic E-state index is 14.0. The van der Waals surface area contributed by atoms with Crippen molar-refractivity contribution < 1.29 is 32.2 Å². The van der Waals surface area contributed by atoms with Gasteiger partial charge in [0.1, 0.15) is 13.2 Å². The molecule has 6 rings (SSSR count). The van der Waals surface area contributed by atoms with Crippen molar-refractivity contribution in [2.24, 2.45) is 10.7 Å². The molecule has 2 N–H and O–H groups in total. The number of aromatic nitrogens is 2. The van der Waals surface area contributed by atoms with Crippen LogP contribution in [0.3, 0.4) is 0 Å². The molecule has 2 aromatic heterocycles. The number of unbranched alkanes of at least 4 members (excludes halogenated alkanes) is 2. The predicted octanol–water partition coefficient (Wildman–Crippen LogP) is 3.28. The Hall–Kier alpha value is -4.30. The molecule has 238 valence electrons. The van der Waals surface area contributed by atoms with Gasteiger partial charge in [0, 0.05) is 24.2 Å². The summed E-state index contributed by atoms with van der Waals surface area (Å²) >= 11 is 0. The molecule has 1 aromatic carbocycles. The second-order valence-electron chi connectivity index (χ2n) is 11.3. The number of pyridine rings is 2. The van der Waals surface area contributed by atoms with Crippen LogP contribution >= 0.6 is 0 Å². The fourth-order valence-corrected chi connectivity index (χ4v) is 7.17. The standard InChI is InChI=1S/C31H35N5O8S/c1-3-5-6-11-35-18-33-22-8-7-9-23-25(22)27(35)19-16-36-24(26(19)34-23)15-21-20(28(36)37)17-43-29(38)31(21,4-2)44-30(39)42-12-14-45(40,41)13-10-32/h7-9,15,18H,3-6,10-14,16-17,32H2,1-2H3/t31-/m0/s1. The molecular formula is C31H35N5O8S. The number of ether oxygens (including phenoxy) is 3. The molecule has 0 amide bonds. The van der Waals surface area contributed by atoms with Crippen molar-refractivity contribution in [3.63, 3.8) is 0 Å². The van der Waals surface area contributed by atoms with Gasteiger partial charge in [-0.3, -0.25) is 4.79 Å². The largest absolute Gasteiger partial charge is 0.509 e. The minimum atomic E-state index is -3.52. The third-order valence-corrected chi connectivity index (χ3v) is 10.2. The summed E-state index contributed by atoms with van der Waals surface area (Å²) < 4.78 is 41.6. The molecule has 14 heteroatoms. The van der Waals surface area contributed by atoms with Gasteiger partial charge in [0.25, 0.3) is 5.56 Å². The Morgan fingerprint density at radius 2 is 1.98 bits per heavy atom. The smallest absolute Gasteiger partial charge is 0.457 e. The fourth-order valence-electron chi connectivity index (χ4n) is 6.27. The number of fused-ring (bicyclic) bond motifs is 5. The molecule has 0 saturated carbocycles. The molecule has 0 unspecified atom stereocenters. The molecule has 0 radical (unpaired) electrons. The predicted molar refractivity (Wildman–Crippen MR) is 167 cm³/mol. The van der Waals surface area contributed by atoms with Crippen molar-refractivity contribution in [3.8, 4) is 11.4 Å². The summed E-state index contributed by atoms with van der Waals surface area (Å²) in [6.07, 6.45) is 3.62. The van der Waals surface area contributed by atoms with E-state index in [9.17, 15) is 22.8 Å². The Morgan fingerprint density at radius 1 is 1.16 bits per heavy atom. The van der Waals surface area contributed by atoms with Gasteiger partial charge in [-0.25, -0.2) is 28.0 Å². The van der Waals surface area contributed by atoms with Gasteiger partial charge >= 0.3 is 12.1 Å². The van der Waals surface area contributed by atoms with Crippen molar-refractivity contribution in [1.29, 1.82) is 0 Å². The Morgan fingerprint density at radius 3 is 2.73 bits per heavy atom. The molecule has 5 heterocycles. The number of nitrogens with two attached hydrogens (primary N) is 1. The first kappa shape index (κ1) is 30.7. The molecule has 0 fully saturated rings. The third kappa shape index (κ3) is 5.25. The first-order chi connectivity index (χ1) is 21.6. The lowest BCUT2D eigenvalue weighted by atomic mass is 9.85. The summed E-state index contributed by atoms with van der Waals surface area (Å²) in [6, 6.07) is 7.42. The lowest BCUT2D eigenvalue weighted by Crippen LogP contribution is -2.47. The third-order valence-electron chi connectivity index (χ3n) is 8.56. The van der Waals surface area contributed by atoms with Gasteiger partial charge < -0.3 is 29.4 Å². The summed E-state index contributed by atoms with van der Waals surface area (Å²) in [6.45, 7) is 3.95. The minimum absolute atomic E-state index is 0.0589. The first-order valence-electron chi connectivity index (χ1n) is 15.1. The molecule has 0 bridgehead atoms. The number of hydrogen-bond donors (Lipinski definition) is 1. The van der Waals surface area contributed by atoms with Gasteiger partial charge in [0.15, 0.2) is 9.84 Å². The zero-order chi connectivity index (χ0) is 31.9. The Labute approximate surface area is 259 Å². The van der Waals surface area contributed by atoms with E-state index < -0.39 is 39.9 Å². The number of nitrogens with zero attached hydrogens (tertiary/aromatic N) is 4. The average Bonchev–Trinajstić information content (AvgIpc) is 3.38. The van der Waals surface area contributed by atoms with Crippen LogP contribution in [-0.2, 0) is 47.6 Å². The Balaban J connectivity index is 1.42. The average molecular weight is 638 g/mol. The number of esters is 1. The highest BCUT2D eigenvalue weighted by Gasteiger charge is 2.51. The van der Waals surface area contributed by atoms with Crippen LogP contribution in [-0.4, -0.2) is 67.6 Å². The van der Waals surface area contributed by atoms with E-state index in [1.165, 1.54) is 0 Å². The van der Waals surface area contributed by atoms with Crippen LogP contribution in [0.5, 0.6) is 0 Å². The number of sulfone groups is 1. The summed E-state index contributed by atoms with van der Waals surface area (Å²) in [4.78, 5) is 51.9. The zero-order valence-electron chi connectivity index (χ0n) is 25.2. The molecule has 0 aliphatic carbocycles. The number of anilines is 1. The van der Waals surface area contributed by atoms with E-state index in [-0.39, 0.29) is 48.6 Å². The van der Waals surface area contributed by atoms with Crippen molar-refractivity contribution in [3.05, 3.63) is 51.3 Å². The molecule has 1 atom stereocenters. The summed E-state index contributed by atoms with van der Waals surface area (Å²) in [7, 11) is -3.52. The summed E-state index contributed by atoms with van der Waals surface area (Å²) in [5.74, 6) is -1.55. The highest BCUT2D eigenvalue weighted by molar-refractivity contribution is 7.91. The van der Waals surface area contributed by atoms with E-state index in [2.05, 4.69) is 16.8 Å². The van der Waals surface area contributed by atoms with Crippen LogP contribution in [0, 0.1) is 0 Å². The van der Waals surface area contributed by atoms with Crippen molar-refractivity contribution in [2.45, 2.75) is 58.3 Å². The second kappa shape index (κ2) is 11.9. The highest BCUT2D eigenvalue weighted by atomic mass is 32.2. The van der Waals surface area contributed by atoms with Crippen molar-refractivity contribution >= 4 is 50.6 Å². The van der Waals surface area contributed by atoms with Gasteiger partial charge in [0.05, 0.1) is 63.6 Å². The topological polar surface area (TPSA) is 172 Å². The van der Waals surface area contributed by atoms with Crippen LogP contribution in [0.1, 0.15) is 56.2 Å². The number of rotatable bonds is 11. The van der Waals surface area contributed by atoms with E-state index in [0.717, 1.165) is 53.6 Å². The molecule has 3 aliphatic rings. The van der Waals surface area contributed by atoms with Crippen molar-refractivity contribution in [2.75, 3.05) is 36.1 Å². The molecular weight excluding hydrogens is 602 g/mol. The number of aliphatic imine (C=N–C) groups is 1. The van der Waals surface area contributed by atoms with Crippen LogP contribution in [0.4, 0.5) is 16.2 Å². The van der Waals surface area contributed by atoms with Crippen molar-refractivity contribution in [1.82, 2.24) is 9.55 Å². The molecule has 0 spiro atoms. The number of carbonyl (C=O) groups excluding carboxylic acids is 2. The van der Waals surface area contributed by atoms with Gasteiger partial charge in [-0.2, -0.15) is 0 Å². The van der Waals surface area contributed by atoms with Crippen LogP contribution in [0.25, 0.3) is 22.3 Å². The van der Waals surface area contributed by atoms with Crippen LogP contribution in [0.2, 0.25) is 0 Å². The van der Waals surface area contributed by atoms with E-state index >= 15 is 0 Å². The Kier molecular flexibility index (Phi) is 8.12. The van der Waals surface area contributed by atoms with E-state index in [0.29, 0.717) is 11.4 Å². The number of carbonyl (C=O) groups is 2. The van der Waals surface area contributed by atoms with Crippen LogP contribution in [0.15, 0.2) is 34.1 Å². The van der Waals surface area contributed by atoms with Gasteiger partial charge in [-0.1, -0.05) is 32.8 Å². The van der Waals surface area contributed by atoms with Crippen LogP contribution < -0.4 is 16.2 Å². The normalized spacial score (nSPS) is 17.9.